The van der Waals surface area contributed by atoms with Crippen molar-refractivity contribution >= 4 is 27.9 Å². The van der Waals surface area contributed by atoms with Gasteiger partial charge in [-0.2, -0.15) is 5.10 Å². The molecule has 0 fully saturated rings. The highest BCUT2D eigenvalue weighted by Crippen LogP contribution is 2.07. The normalized spacial score (nSPS) is 10.9. The van der Waals surface area contributed by atoms with Crippen LogP contribution in [0.5, 0.6) is 0 Å². The highest BCUT2D eigenvalue weighted by atomic mass is 79.9. The van der Waals surface area contributed by atoms with E-state index in [0.717, 1.165) is 10.0 Å². The van der Waals surface area contributed by atoms with Gasteiger partial charge in [-0.3, -0.25) is 4.79 Å². The first kappa shape index (κ1) is 11.7. The van der Waals surface area contributed by atoms with E-state index < -0.39 is 0 Å². The summed E-state index contributed by atoms with van der Waals surface area (Å²) in [6, 6.07) is 5.87. The minimum absolute atomic E-state index is 0.264. The molecule has 0 amide bonds. The summed E-state index contributed by atoms with van der Waals surface area (Å²) in [6.07, 6.45) is 6.09. The first-order chi connectivity index (χ1) is 8.15. The van der Waals surface area contributed by atoms with Gasteiger partial charge in [0.25, 0.3) is 5.91 Å². The SMILES string of the molecule is O=C(C=Cc1ccc(F)cc1)n1cc(Br)cn1. The summed E-state index contributed by atoms with van der Waals surface area (Å²) in [6.45, 7) is 0. The van der Waals surface area contributed by atoms with Crippen LogP contribution >= 0.6 is 15.9 Å². The predicted octanol–water partition coefficient (Wildman–Crippen LogP) is 3.14. The molecular formula is C12H8BrFN2O. The molecule has 1 heterocycles. The van der Waals surface area contributed by atoms with Gasteiger partial charge in [0, 0.05) is 12.3 Å². The second kappa shape index (κ2) is 5.05. The van der Waals surface area contributed by atoms with Crippen molar-refractivity contribution in [1.82, 2.24) is 9.78 Å². The molecule has 0 aliphatic heterocycles. The van der Waals surface area contributed by atoms with E-state index in [-0.39, 0.29) is 11.7 Å². The summed E-state index contributed by atoms with van der Waals surface area (Å²) in [5.74, 6) is -0.565. The molecular weight excluding hydrogens is 287 g/mol. The molecule has 17 heavy (non-hydrogen) atoms. The molecule has 0 saturated carbocycles. The maximum Gasteiger partial charge on any atom is 0.270 e. The zero-order chi connectivity index (χ0) is 12.3. The third-order valence-electron chi connectivity index (χ3n) is 2.07. The smallest absolute Gasteiger partial charge is 0.267 e. The molecule has 3 nitrogen and oxygen atoms in total. The molecule has 0 radical (unpaired) electrons. The number of nitrogens with zero attached hydrogens (tertiary/aromatic N) is 2. The van der Waals surface area contributed by atoms with E-state index >= 15 is 0 Å². The summed E-state index contributed by atoms with van der Waals surface area (Å²) in [5.41, 5.74) is 0.756. The van der Waals surface area contributed by atoms with Gasteiger partial charge in [0.2, 0.25) is 0 Å². The number of halogens is 2. The molecule has 0 spiro atoms. The van der Waals surface area contributed by atoms with Crippen molar-refractivity contribution in [3.63, 3.8) is 0 Å². The van der Waals surface area contributed by atoms with Crippen LogP contribution < -0.4 is 0 Å². The van der Waals surface area contributed by atoms with Gasteiger partial charge in [-0.05, 0) is 39.7 Å². The van der Waals surface area contributed by atoms with Crippen LogP contribution in [0.1, 0.15) is 10.4 Å². The first-order valence-corrected chi connectivity index (χ1v) is 5.62. The van der Waals surface area contributed by atoms with Crippen LogP contribution in [0, 0.1) is 5.82 Å². The number of rotatable bonds is 2. The molecule has 0 bridgehead atoms. The van der Waals surface area contributed by atoms with Crippen molar-refractivity contribution in [2.75, 3.05) is 0 Å². The number of hydrogen-bond donors (Lipinski definition) is 0. The third kappa shape index (κ3) is 3.10. The topological polar surface area (TPSA) is 34.9 Å². The molecule has 0 saturated heterocycles. The van der Waals surface area contributed by atoms with Gasteiger partial charge in [-0.1, -0.05) is 12.1 Å². The van der Waals surface area contributed by atoms with Crippen molar-refractivity contribution in [2.45, 2.75) is 0 Å². The number of allylic oxidation sites excluding steroid dienone is 1. The lowest BCUT2D eigenvalue weighted by atomic mass is 10.2. The van der Waals surface area contributed by atoms with Gasteiger partial charge in [0.15, 0.2) is 0 Å². The fraction of sp³-hybridized carbons (Fsp3) is 0. The van der Waals surface area contributed by atoms with Crippen LogP contribution in [0.2, 0.25) is 0 Å². The zero-order valence-corrected chi connectivity index (χ0v) is 10.3. The number of aromatic nitrogens is 2. The van der Waals surface area contributed by atoms with Crippen LogP contribution in [0.15, 0.2) is 47.2 Å². The molecule has 0 unspecified atom stereocenters. The largest absolute Gasteiger partial charge is 0.270 e. The van der Waals surface area contributed by atoms with E-state index in [1.807, 2.05) is 0 Å². The Morgan fingerprint density at radius 1 is 1.35 bits per heavy atom. The van der Waals surface area contributed by atoms with Crippen molar-refractivity contribution < 1.29 is 9.18 Å². The second-order valence-corrected chi connectivity index (χ2v) is 4.24. The minimum atomic E-state index is -0.301. The van der Waals surface area contributed by atoms with Crippen molar-refractivity contribution in [3.8, 4) is 0 Å². The van der Waals surface area contributed by atoms with Gasteiger partial charge in [0.1, 0.15) is 5.82 Å². The quantitative estimate of drug-likeness (QED) is 0.798. The van der Waals surface area contributed by atoms with Crippen LogP contribution in [-0.2, 0) is 0 Å². The molecule has 5 heteroatoms. The van der Waals surface area contributed by atoms with E-state index in [2.05, 4.69) is 21.0 Å². The van der Waals surface area contributed by atoms with Crippen molar-refractivity contribution in [1.29, 1.82) is 0 Å². The number of carbonyl (C=O) groups is 1. The van der Waals surface area contributed by atoms with Crippen molar-refractivity contribution in [2.24, 2.45) is 0 Å². The fourth-order valence-electron chi connectivity index (χ4n) is 1.24. The highest BCUT2D eigenvalue weighted by molar-refractivity contribution is 9.10. The average Bonchev–Trinajstić information content (AvgIpc) is 2.75. The van der Waals surface area contributed by atoms with E-state index in [0.29, 0.717) is 0 Å². The molecule has 1 aromatic carbocycles. The number of hydrogen-bond acceptors (Lipinski definition) is 2. The van der Waals surface area contributed by atoms with E-state index in [1.165, 1.54) is 29.1 Å². The maximum atomic E-state index is 12.6. The van der Waals surface area contributed by atoms with Crippen LogP contribution in [-0.4, -0.2) is 15.7 Å². The summed E-state index contributed by atoms with van der Waals surface area (Å²) < 4.78 is 14.6. The molecule has 86 valence electrons. The summed E-state index contributed by atoms with van der Waals surface area (Å²) in [4.78, 5) is 11.6. The third-order valence-corrected chi connectivity index (χ3v) is 2.47. The van der Waals surface area contributed by atoms with Gasteiger partial charge >= 0.3 is 0 Å². The molecule has 2 rings (SSSR count). The van der Waals surface area contributed by atoms with E-state index in [9.17, 15) is 9.18 Å². The summed E-state index contributed by atoms with van der Waals surface area (Å²) in [7, 11) is 0. The zero-order valence-electron chi connectivity index (χ0n) is 8.68. The van der Waals surface area contributed by atoms with Crippen molar-refractivity contribution in [3.05, 3.63) is 58.6 Å². The van der Waals surface area contributed by atoms with Gasteiger partial charge in [-0.15, -0.1) is 0 Å². The second-order valence-electron chi connectivity index (χ2n) is 3.33. The standard InChI is InChI=1S/C12H8BrFN2O/c13-10-7-15-16(8-10)12(17)6-3-9-1-4-11(14)5-2-9/h1-8H. The Bertz CT molecular complexity index is 560. The monoisotopic (exact) mass is 294 g/mol. The molecule has 2 aromatic rings. The van der Waals surface area contributed by atoms with Crippen LogP contribution in [0.3, 0.4) is 0 Å². The molecule has 0 aliphatic rings. The van der Waals surface area contributed by atoms with Crippen LogP contribution in [0.4, 0.5) is 4.39 Å². The maximum absolute atomic E-state index is 12.6. The Morgan fingerprint density at radius 3 is 2.65 bits per heavy atom. The Morgan fingerprint density at radius 2 is 2.06 bits per heavy atom. The van der Waals surface area contributed by atoms with E-state index in [1.54, 1.807) is 24.4 Å². The van der Waals surface area contributed by atoms with Gasteiger partial charge in [-0.25, -0.2) is 9.07 Å². The predicted molar refractivity (Wildman–Crippen MR) is 66.0 cm³/mol. The molecule has 1 aromatic heterocycles. The summed E-state index contributed by atoms with van der Waals surface area (Å²) in [5, 5.41) is 3.85. The van der Waals surface area contributed by atoms with Gasteiger partial charge < -0.3 is 0 Å². The Balaban J connectivity index is 2.10. The Kier molecular flexibility index (Phi) is 3.49. The Hall–Kier alpha value is -1.75. The average molecular weight is 295 g/mol. The highest BCUT2D eigenvalue weighted by Gasteiger charge is 2.01. The molecule has 0 aliphatic carbocycles. The van der Waals surface area contributed by atoms with Gasteiger partial charge in [0.05, 0.1) is 10.7 Å². The molecule has 0 atom stereocenters. The first-order valence-electron chi connectivity index (χ1n) is 4.83. The minimum Gasteiger partial charge on any atom is -0.267 e. The number of carbonyl (C=O) groups excluding carboxylic acids is 1. The lowest BCUT2D eigenvalue weighted by Gasteiger charge is -1.94. The number of benzene rings is 1. The summed E-state index contributed by atoms with van der Waals surface area (Å²) >= 11 is 3.20. The van der Waals surface area contributed by atoms with Crippen LogP contribution in [0.25, 0.3) is 6.08 Å². The Labute approximate surface area is 106 Å². The lowest BCUT2D eigenvalue weighted by Crippen LogP contribution is -2.06. The lowest BCUT2D eigenvalue weighted by molar-refractivity contribution is 0.0955. The van der Waals surface area contributed by atoms with E-state index in [4.69, 9.17) is 0 Å². The fourth-order valence-corrected chi connectivity index (χ4v) is 1.52. The molecule has 0 N–H and O–H groups in total.